The maximum Gasteiger partial charge on any atom is 0.258 e. The van der Waals surface area contributed by atoms with Gasteiger partial charge in [-0.3, -0.25) is 0 Å². The molecule has 100 valence electrons. The van der Waals surface area contributed by atoms with Gasteiger partial charge >= 0.3 is 0 Å². The number of hydrogen-bond acceptors (Lipinski definition) is 6. The summed E-state index contributed by atoms with van der Waals surface area (Å²) in [7, 11) is 0. The predicted octanol–water partition coefficient (Wildman–Crippen LogP) is 2.86. The minimum Gasteiger partial charge on any atom is -0.506 e. The third kappa shape index (κ3) is 2.33. The molecule has 0 aliphatic heterocycles. The predicted molar refractivity (Wildman–Crippen MR) is 72.2 cm³/mol. The Morgan fingerprint density at radius 1 is 1.15 bits per heavy atom. The highest BCUT2D eigenvalue weighted by molar-refractivity contribution is 6.32. The van der Waals surface area contributed by atoms with Gasteiger partial charge in [0.15, 0.2) is 0 Å². The van der Waals surface area contributed by atoms with Gasteiger partial charge in [0, 0.05) is 5.56 Å². The fourth-order valence-corrected chi connectivity index (χ4v) is 1.78. The van der Waals surface area contributed by atoms with Crippen molar-refractivity contribution in [2.45, 2.75) is 6.92 Å². The number of aromatic nitrogens is 4. The summed E-state index contributed by atoms with van der Waals surface area (Å²) in [5.41, 5.74) is 1.95. The van der Waals surface area contributed by atoms with Gasteiger partial charge in [0.25, 0.3) is 5.89 Å². The quantitative estimate of drug-likeness (QED) is 0.780. The van der Waals surface area contributed by atoms with Crippen molar-refractivity contribution in [2.24, 2.45) is 0 Å². The molecule has 1 N–H and O–H groups in total. The molecule has 0 saturated carbocycles. The summed E-state index contributed by atoms with van der Waals surface area (Å²) in [5, 5.41) is 21.4. The molecule has 0 unspecified atom stereocenters. The molecule has 3 aromatic rings. The second-order valence-electron chi connectivity index (χ2n) is 4.15. The molecule has 7 heteroatoms. The monoisotopic (exact) mass is 288 g/mol. The van der Waals surface area contributed by atoms with Crippen LogP contribution in [0.1, 0.15) is 5.69 Å². The first kappa shape index (κ1) is 12.6. The summed E-state index contributed by atoms with van der Waals surface area (Å²) in [4.78, 5) is 4.23. The average Bonchev–Trinajstić information content (AvgIpc) is 2.92. The van der Waals surface area contributed by atoms with Crippen molar-refractivity contribution in [3.05, 3.63) is 41.0 Å². The van der Waals surface area contributed by atoms with Gasteiger partial charge in [-0.05, 0) is 37.3 Å². The van der Waals surface area contributed by atoms with E-state index in [0.717, 1.165) is 5.69 Å². The SMILES string of the molecule is Cc1ccc(-c2noc(-c3ccc(O)c(Cl)c3)n2)nn1. The van der Waals surface area contributed by atoms with E-state index in [0.29, 0.717) is 23.0 Å². The maximum absolute atomic E-state index is 9.38. The molecular formula is C13H9ClN4O2. The average molecular weight is 289 g/mol. The van der Waals surface area contributed by atoms with Crippen molar-refractivity contribution in [3.63, 3.8) is 0 Å². The number of phenols is 1. The third-order valence-electron chi connectivity index (χ3n) is 2.65. The standard InChI is InChI=1S/C13H9ClN4O2/c1-7-2-4-10(17-16-7)12-15-13(20-18-12)8-3-5-11(19)9(14)6-8/h2-6,19H,1H3. The molecule has 0 atom stereocenters. The van der Waals surface area contributed by atoms with Crippen LogP contribution in [-0.4, -0.2) is 25.4 Å². The molecule has 2 aromatic heterocycles. The largest absolute Gasteiger partial charge is 0.506 e. The van der Waals surface area contributed by atoms with E-state index in [-0.39, 0.29) is 10.8 Å². The van der Waals surface area contributed by atoms with E-state index in [2.05, 4.69) is 20.3 Å². The third-order valence-corrected chi connectivity index (χ3v) is 2.95. The molecule has 0 aliphatic rings. The van der Waals surface area contributed by atoms with Gasteiger partial charge in [0.1, 0.15) is 11.4 Å². The van der Waals surface area contributed by atoms with E-state index in [1.165, 1.54) is 6.07 Å². The highest BCUT2D eigenvalue weighted by Crippen LogP contribution is 2.29. The van der Waals surface area contributed by atoms with Crippen molar-refractivity contribution in [1.82, 2.24) is 20.3 Å². The highest BCUT2D eigenvalue weighted by atomic mass is 35.5. The number of hydrogen-bond donors (Lipinski definition) is 1. The molecule has 6 nitrogen and oxygen atoms in total. The van der Waals surface area contributed by atoms with Gasteiger partial charge in [-0.25, -0.2) is 0 Å². The minimum absolute atomic E-state index is 0.000410. The lowest BCUT2D eigenvalue weighted by atomic mass is 10.2. The topological polar surface area (TPSA) is 84.9 Å². The van der Waals surface area contributed by atoms with Gasteiger partial charge in [-0.2, -0.15) is 10.1 Å². The summed E-state index contributed by atoms with van der Waals surface area (Å²) in [5.74, 6) is 0.639. The number of halogens is 1. The summed E-state index contributed by atoms with van der Waals surface area (Å²) < 4.78 is 5.16. The number of nitrogens with zero attached hydrogens (tertiary/aromatic N) is 4. The van der Waals surface area contributed by atoms with Crippen molar-refractivity contribution in [2.75, 3.05) is 0 Å². The smallest absolute Gasteiger partial charge is 0.258 e. The van der Waals surface area contributed by atoms with Crippen LogP contribution in [0, 0.1) is 6.92 Å². The van der Waals surface area contributed by atoms with E-state index in [1.54, 1.807) is 18.2 Å². The van der Waals surface area contributed by atoms with E-state index in [4.69, 9.17) is 16.1 Å². The number of phenolic OH excluding ortho intramolecular Hbond substituents is 1. The Morgan fingerprint density at radius 3 is 2.70 bits per heavy atom. The van der Waals surface area contributed by atoms with Crippen molar-refractivity contribution in [3.8, 4) is 28.7 Å². The normalized spacial score (nSPS) is 10.7. The number of benzene rings is 1. The second-order valence-corrected chi connectivity index (χ2v) is 4.56. The lowest BCUT2D eigenvalue weighted by Crippen LogP contribution is -1.90. The van der Waals surface area contributed by atoms with Crippen molar-refractivity contribution in [1.29, 1.82) is 0 Å². The second kappa shape index (κ2) is 4.90. The molecule has 0 amide bonds. The van der Waals surface area contributed by atoms with Crippen LogP contribution in [0.3, 0.4) is 0 Å². The van der Waals surface area contributed by atoms with Gasteiger partial charge < -0.3 is 9.63 Å². The van der Waals surface area contributed by atoms with Crippen LogP contribution in [0.25, 0.3) is 23.0 Å². The van der Waals surface area contributed by atoms with E-state index < -0.39 is 0 Å². The molecule has 0 bridgehead atoms. The lowest BCUT2D eigenvalue weighted by molar-refractivity contribution is 0.432. The van der Waals surface area contributed by atoms with Gasteiger partial charge in [-0.15, -0.1) is 5.10 Å². The zero-order chi connectivity index (χ0) is 14.1. The Kier molecular flexibility index (Phi) is 3.08. The molecule has 0 radical (unpaired) electrons. The van der Waals surface area contributed by atoms with E-state index >= 15 is 0 Å². The molecule has 2 heterocycles. The zero-order valence-corrected chi connectivity index (χ0v) is 11.2. The molecule has 3 rings (SSSR count). The summed E-state index contributed by atoms with van der Waals surface area (Å²) in [6.07, 6.45) is 0. The van der Waals surface area contributed by atoms with Crippen LogP contribution in [0.2, 0.25) is 5.02 Å². The Hall–Kier alpha value is -2.47. The molecule has 0 spiro atoms. The van der Waals surface area contributed by atoms with E-state index in [1.807, 2.05) is 13.0 Å². The first-order chi connectivity index (χ1) is 9.63. The first-order valence-corrected chi connectivity index (χ1v) is 6.14. The Bertz CT molecular complexity index is 755. The van der Waals surface area contributed by atoms with Crippen molar-refractivity contribution >= 4 is 11.6 Å². The van der Waals surface area contributed by atoms with Gasteiger partial charge in [0.05, 0.1) is 10.7 Å². The Labute approximate surface area is 119 Å². The van der Waals surface area contributed by atoms with Crippen molar-refractivity contribution < 1.29 is 9.63 Å². The van der Waals surface area contributed by atoms with Crippen LogP contribution in [0.15, 0.2) is 34.9 Å². The number of aryl methyl sites for hydroxylation is 1. The number of rotatable bonds is 2. The van der Waals surface area contributed by atoms with Crippen LogP contribution in [-0.2, 0) is 0 Å². The highest BCUT2D eigenvalue weighted by Gasteiger charge is 2.13. The number of aromatic hydroxyl groups is 1. The molecule has 1 aromatic carbocycles. The first-order valence-electron chi connectivity index (χ1n) is 5.77. The van der Waals surface area contributed by atoms with Crippen LogP contribution in [0.4, 0.5) is 0 Å². The summed E-state index contributed by atoms with van der Waals surface area (Å²) in [6.45, 7) is 1.84. The molecule has 0 aliphatic carbocycles. The maximum atomic E-state index is 9.38. The Morgan fingerprint density at radius 2 is 2.00 bits per heavy atom. The fraction of sp³-hybridized carbons (Fsp3) is 0.0769. The van der Waals surface area contributed by atoms with Crippen LogP contribution in [0.5, 0.6) is 5.75 Å². The fourth-order valence-electron chi connectivity index (χ4n) is 1.60. The minimum atomic E-state index is -0.000410. The zero-order valence-electron chi connectivity index (χ0n) is 10.4. The van der Waals surface area contributed by atoms with E-state index in [9.17, 15) is 5.11 Å². The molecule has 20 heavy (non-hydrogen) atoms. The lowest BCUT2D eigenvalue weighted by Gasteiger charge is -1.97. The molecule has 0 fully saturated rings. The van der Waals surface area contributed by atoms with Crippen LogP contribution >= 0.6 is 11.6 Å². The molecule has 0 saturated heterocycles. The molecular weight excluding hydrogens is 280 g/mol. The van der Waals surface area contributed by atoms with Crippen LogP contribution < -0.4 is 0 Å². The Balaban J connectivity index is 1.97. The summed E-state index contributed by atoms with van der Waals surface area (Å²) >= 11 is 5.84. The summed E-state index contributed by atoms with van der Waals surface area (Å²) in [6, 6.07) is 8.23. The van der Waals surface area contributed by atoms with Gasteiger partial charge in [-0.1, -0.05) is 16.8 Å². The van der Waals surface area contributed by atoms with Gasteiger partial charge in [0.2, 0.25) is 5.82 Å².